The highest BCUT2D eigenvalue weighted by atomic mass is 32.2. The molecule has 3 heteroatoms. The van der Waals surface area contributed by atoms with Crippen LogP contribution in [0.15, 0.2) is 16.0 Å². The zero-order chi connectivity index (χ0) is 4.83. The third kappa shape index (κ3) is 3.56. The molecule has 0 saturated heterocycles. The zero-order valence-corrected chi connectivity index (χ0v) is 4.11. The average Bonchev–Trinajstić information content (AvgIpc) is 1.61. The number of hydrogen-bond acceptors (Lipinski definition) is 3. The van der Waals surface area contributed by atoms with Gasteiger partial charge in [0.25, 0.3) is 0 Å². The molecule has 0 aliphatic rings. The minimum absolute atomic E-state index is 1.22. The lowest BCUT2D eigenvalue weighted by Crippen LogP contribution is -1.70. The lowest BCUT2D eigenvalue weighted by molar-refractivity contribution is 1.63. The standard InChI is InChI=1S/C3H6N2S/c1-5-6-3-2-4/h2-3H,1,4H2/b3-2-. The predicted octanol–water partition coefficient (Wildman–Crippen LogP) is 0.765. The summed E-state index contributed by atoms with van der Waals surface area (Å²) < 4.78 is 3.43. The van der Waals surface area contributed by atoms with E-state index in [-0.39, 0.29) is 0 Å². The van der Waals surface area contributed by atoms with Crippen LogP contribution >= 0.6 is 11.9 Å². The van der Waals surface area contributed by atoms with Gasteiger partial charge in [0.2, 0.25) is 0 Å². The summed E-state index contributed by atoms with van der Waals surface area (Å²) in [4.78, 5) is 0. The Morgan fingerprint density at radius 3 is 2.67 bits per heavy atom. The topological polar surface area (TPSA) is 38.4 Å². The molecule has 0 saturated carbocycles. The van der Waals surface area contributed by atoms with E-state index in [9.17, 15) is 0 Å². The van der Waals surface area contributed by atoms with Crippen molar-refractivity contribution in [3.8, 4) is 0 Å². The van der Waals surface area contributed by atoms with Crippen LogP contribution in [0.4, 0.5) is 0 Å². The first kappa shape index (κ1) is 5.56. The van der Waals surface area contributed by atoms with Gasteiger partial charge in [-0.3, -0.25) is 0 Å². The Bertz CT molecular complexity index is 59.8. The number of rotatable bonds is 2. The summed E-state index contributed by atoms with van der Waals surface area (Å²) in [6.45, 7) is 3.20. The van der Waals surface area contributed by atoms with Crippen LogP contribution in [0.1, 0.15) is 0 Å². The van der Waals surface area contributed by atoms with Crippen LogP contribution < -0.4 is 5.73 Å². The van der Waals surface area contributed by atoms with Gasteiger partial charge >= 0.3 is 0 Å². The molecule has 0 aromatic carbocycles. The molecule has 0 bridgehead atoms. The van der Waals surface area contributed by atoms with Crippen molar-refractivity contribution in [2.24, 2.45) is 10.1 Å². The third-order valence-corrected chi connectivity index (χ3v) is 0.642. The summed E-state index contributed by atoms with van der Waals surface area (Å²) in [6, 6.07) is 0. The van der Waals surface area contributed by atoms with Crippen molar-refractivity contribution in [2.45, 2.75) is 0 Å². The van der Waals surface area contributed by atoms with Gasteiger partial charge in [0.15, 0.2) is 0 Å². The zero-order valence-electron chi connectivity index (χ0n) is 3.29. The first-order valence-electron chi connectivity index (χ1n) is 1.40. The second-order valence-electron chi connectivity index (χ2n) is 0.563. The summed E-state index contributed by atoms with van der Waals surface area (Å²) >= 11 is 1.22. The molecule has 0 heterocycles. The van der Waals surface area contributed by atoms with Crippen LogP contribution in [0.3, 0.4) is 0 Å². The maximum absolute atomic E-state index is 4.93. The Labute approximate surface area is 41.3 Å². The molecular weight excluding hydrogens is 96.1 g/mol. The van der Waals surface area contributed by atoms with Gasteiger partial charge in [0.1, 0.15) is 0 Å². The van der Waals surface area contributed by atoms with E-state index in [0.717, 1.165) is 0 Å². The molecule has 0 aromatic heterocycles. The van der Waals surface area contributed by atoms with Gasteiger partial charge in [-0.1, -0.05) is 0 Å². The van der Waals surface area contributed by atoms with Crippen molar-refractivity contribution in [1.29, 1.82) is 0 Å². The summed E-state index contributed by atoms with van der Waals surface area (Å²) in [5, 5.41) is 1.65. The van der Waals surface area contributed by atoms with Crippen molar-refractivity contribution in [1.82, 2.24) is 0 Å². The first-order valence-corrected chi connectivity index (χ1v) is 2.24. The van der Waals surface area contributed by atoms with Crippen LogP contribution in [0.2, 0.25) is 0 Å². The molecule has 0 fully saturated rings. The summed E-state index contributed by atoms with van der Waals surface area (Å²) in [5.41, 5.74) is 4.93. The Morgan fingerprint density at radius 2 is 2.50 bits per heavy atom. The molecule has 0 unspecified atom stereocenters. The molecule has 0 radical (unpaired) electrons. The second kappa shape index (κ2) is 4.56. The van der Waals surface area contributed by atoms with E-state index in [2.05, 4.69) is 11.1 Å². The molecule has 0 amide bonds. The average molecular weight is 102 g/mol. The maximum atomic E-state index is 4.93. The van der Waals surface area contributed by atoms with Crippen LogP contribution in [0.5, 0.6) is 0 Å². The smallest absolute Gasteiger partial charge is 0.00963 e. The molecule has 2 N–H and O–H groups in total. The Hall–Kier alpha value is -0.440. The molecule has 0 rings (SSSR count). The van der Waals surface area contributed by atoms with Crippen LogP contribution in [-0.2, 0) is 0 Å². The highest BCUT2D eigenvalue weighted by Crippen LogP contribution is 1.97. The van der Waals surface area contributed by atoms with E-state index in [1.54, 1.807) is 5.41 Å². The molecule has 0 aromatic rings. The van der Waals surface area contributed by atoms with Crippen molar-refractivity contribution in [3.63, 3.8) is 0 Å². The molecule has 0 aliphatic carbocycles. The monoisotopic (exact) mass is 102 g/mol. The van der Waals surface area contributed by atoms with Gasteiger partial charge in [-0.2, -0.15) is 0 Å². The highest BCUT2D eigenvalue weighted by molar-refractivity contribution is 8.00. The molecule has 0 atom stereocenters. The fourth-order valence-corrected chi connectivity index (χ4v) is 0.235. The van der Waals surface area contributed by atoms with Crippen LogP contribution in [0, 0.1) is 0 Å². The van der Waals surface area contributed by atoms with E-state index >= 15 is 0 Å². The minimum atomic E-state index is 1.22. The molecule has 2 nitrogen and oxygen atoms in total. The van der Waals surface area contributed by atoms with E-state index in [1.807, 2.05) is 0 Å². The van der Waals surface area contributed by atoms with Crippen molar-refractivity contribution >= 4 is 18.7 Å². The lowest BCUT2D eigenvalue weighted by Gasteiger charge is -1.70. The van der Waals surface area contributed by atoms with Crippen LogP contribution in [-0.4, -0.2) is 6.72 Å². The van der Waals surface area contributed by atoms with Crippen molar-refractivity contribution < 1.29 is 0 Å². The van der Waals surface area contributed by atoms with E-state index in [1.165, 1.54) is 18.1 Å². The quantitative estimate of drug-likeness (QED) is 0.413. The second-order valence-corrected chi connectivity index (χ2v) is 1.30. The normalized spacial score (nSPS) is 9.33. The third-order valence-electron chi connectivity index (χ3n) is 0.214. The van der Waals surface area contributed by atoms with Gasteiger partial charge in [-0.15, -0.1) is 0 Å². The fraction of sp³-hybridized carbons (Fsp3) is 0. The highest BCUT2D eigenvalue weighted by Gasteiger charge is 1.58. The van der Waals surface area contributed by atoms with Gasteiger partial charge in [-0.25, -0.2) is 4.40 Å². The number of nitrogens with zero attached hydrogens (tertiary/aromatic N) is 1. The van der Waals surface area contributed by atoms with Crippen molar-refractivity contribution in [2.75, 3.05) is 0 Å². The van der Waals surface area contributed by atoms with E-state index < -0.39 is 0 Å². The number of hydrogen-bond donors (Lipinski definition) is 1. The van der Waals surface area contributed by atoms with Gasteiger partial charge < -0.3 is 5.73 Å². The Kier molecular flexibility index (Phi) is 4.23. The Balaban J connectivity index is 2.85. The van der Waals surface area contributed by atoms with Gasteiger partial charge in [-0.05, 0) is 6.72 Å². The summed E-state index contributed by atoms with van der Waals surface area (Å²) in [5.74, 6) is 0. The number of nitrogens with two attached hydrogens (primary N) is 1. The van der Waals surface area contributed by atoms with E-state index in [4.69, 9.17) is 5.73 Å². The summed E-state index contributed by atoms with van der Waals surface area (Å²) in [6.07, 6.45) is 1.42. The predicted molar refractivity (Wildman–Crippen MR) is 30.5 cm³/mol. The molecule has 34 valence electrons. The Morgan fingerprint density at radius 1 is 1.83 bits per heavy atom. The summed E-state index contributed by atoms with van der Waals surface area (Å²) in [7, 11) is 0. The lowest BCUT2D eigenvalue weighted by atomic mass is 11.1. The largest absolute Gasteiger partial charge is 0.404 e. The fourth-order valence-electron chi connectivity index (χ4n) is 0.0782. The van der Waals surface area contributed by atoms with Crippen LogP contribution in [0.25, 0.3) is 0 Å². The molecular formula is C3H6N2S. The molecule has 6 heavy (non-hydrogen) atoms. The SMILES string of the molecule is C=NS/C=C\N. The van der Waals surface area contributed by atoms with Crippen molar-refractivity contribution in [3.05, 3.63) is 11.6 Å². The minimum Gasteiger partial charge on any atom is -0.404 e. The molecule has 0 spiro atoms. The maximum Gasteiger partial charge on any atom is 0.00963 e. The van der Waals surface area contributed by atoms with E-state index in [0.29, 0.717) is 0 Å². The van der Waals surface area contributed by atoms with Gasteiger partial charge in [0.05, 0.1) is 0 Å². The van der Waals surface area contributed by atoms with Gasteiger partial charge in [0, 0.05) is 23.6 Å². The molecule has 0 aliphatic heterocycles. The first-order chi connectivity index (χ1) is 2.91.